The average Bonchev–Trinajstić information content (AvgIpc) is 3.01. The van der Waals surface area contributed by atoms with E-state index in [1.54, 1.807) is 12.1 Å². The van der Waals surface area contributed by atoms with Gasteiger partial charge in [0.25, 0.3) is 0 Å². The van der Waals surface area contributed by atoms with E-state index in [0.29, 0.717) is 15.9 Å². The number of thioether (sulfide) groups is 1. The molecule has 136 valence electrons. The number of amides is 1. The molecule has 1 amide bonds. The van der Waals surface area contributed by atoms with E-state index >= 15 is 0 Å². The summed E-state index contributed by atoms with van der Waals surface area (Å²) in [6, 6.07) is 15.2. The van der Waals surface area contributed by atoms with Gasteiger partial charge in [-0.25, -0.2) is 4.98 Å². The average molecular weight is 398 g/mol. The number of rotatable bonds is 5. The van der Waals surface area contributed by atoms with Crippen LogP contribution in [-0.4, -0.2) is 31.4 Å². The summed E-state index contributed by atoms with van der Waals surface area (Å²) in [7, 11) is 0. The molecule has 0 bridgehead atoms. The molecule has 8 heteroatoms. The van der Waals surface area contributed by atoms with E-state index < -0.39 is 0 Å². The first kappa shape index (κ1) is 17.8. The molecular weight excluding hydrogens is 382 g/mol. The zero-order valence-corrected chi connectivity index (χ0v) is 16.1. The number of aryl methyl sites for hydroxylation is 1. The number of halogens is 1. The second kappa shape index (κ2) is 7.54. The lowest BCUT2D eigenvalue weighted by Crippen LogP contribution is -2.14. The number of anilines is 1. The van der Waals surface area contributed by atoms with E-state index in [9.17, 15) is 4.79 Å². The highest BCUT2D eigenvalue weighted by atomic mass is 35.5. The van der Waals surface area contributed by atoms with Gasteiger partial charge in [0.05, 0.1) is 22.0 Å². The molecule has 0 saturated heterocycles. The Balaban J connectivity index is 1.55. The van der Waals surface area contributed by atoms with Crippen molar-refractivity contribution in [3.05, 3.63) is 53.6 Å². The fraction of sp³-hybridized carbons (Fsp3) is 0.158. The minimum absolute atomic E-state index is 0.171. The highest BCUT2D eigenvalue weighted by molar-refractivity contribution is 7.99. The molecule has 0 radical (unpaired) electrons. The van der Waals surface area contributed by atoms with Crippen LogP contribution in [0.25, 0.3) is 22.1 Å². The molecule has 2 aromatic heterocycles. The molecule has 0 saturated carbocycles. The van der Waals surface area contributed by atoms with Crippen molar-refractivity contribution in [2.75, 3.05) is 11.1 Å². The van der Waals surface area contributed by atoms with Gasteiger partial charge in [0.1, 0.15) is 5.52 Å². The van der Waals surface area contributed by atoms with Crippen molar-refractivity contribution in [3.63, 3.8) is 0 Å². The van der Waals surface area contributed by atoms with Crippen molar-refractivity contribution >= 4 is 57.0 Å². The molecule has 0 fully saturated rings. The summed E-state index contributed by atoms with van der Waals surface area (Å²) in [5, 5.41) is 13.3. The topological polar surface area (TPSA) is 72.7 Å². The minimum Gasteiger partial charge on any atom is -0.324 e. The van der Waals surface area contributed by atoms with Gasteiger partial charge in [-0.2, -0.15) is 0 Å². The molecule has 0 aliphatic carbocycles. The quantitative estimate of drug-likeness (QED) is 0.506. The Morgan fingerprint density at radius 1 is 1.15 bits per heavy atom. The Labute approximate surface area is 164 Å². The lowest BCUT2D eigenvalue weighted by molar-refractivity contribution is -0.113. The van der Waals surface area contributed by atoms with Crippen LogP contribution >= 0.6 is 23.4 Å². The molecular formula is C19H16ClN5OS. The normalized spacial score (nSPS) is 11.2. The van der Waals surface area contributed by atoms with Crippen molar-refractivity contribution < 1.29 is 4.79 Å². The van der Waals surface area contributed by atoms with Crippen molar-refractivity contribution in [2.24, 2.45) is 0 Å². The van der Waals surface area contributed by atoms with Gasteiger partial charge in [0.2, 0.25) is 11.1 Å². The van der Waals surface area contributed by atoms with Crippen molar-refractivity contribution in [1.29, 1.82) is 0 Å². The fourth-order valence-corrected chi connectivity index (χ4v) is 3.71. The number of hydrogen-bond acceptors (Lipinski definition) is 5. The molecule has 27 heavy (non-hydrogen) atoms. The summed E-state index contributed by atoms with van der Waals surface area (Å²) < 4.78 is 2.10. The molecule has 2 aromatic carbocycles. The monoisotopic (exact) mass is 397 g/mol. The number of hydrogen-bond donors (Lipinski definition) is 1. The van der Waals surface area contributed by atoms with Crippen LogP contribution in [0, 0.1) is 0 Å². The van der Waals surface area contributed by atoms with Gasteiger partial charge in [-0.3, -0.25) is 4.79 Å². The van der Waals surface area contributed by atoms with Crippen LogP contribution in [0.3, 0.4) is 0 Å². The third-order valence-corrected chi connectivity index (χ3v) is 5.32. The van der Waals surface area contributed by atoms with Crippen LogP contribution < -0.4 is 5.32 Å². The molecule has 4 aromatic rings. The van der Waals surface area contributed by atoms with Crippen molar-refractivity contribution in [3.8, 4) is 0 Å². The first-order valence-corrected chi connectivity index (χ1v) is 9.82. The standard InChI is InChI=1S/C19H16ClN5OS/c1-2-25-15-10-6-3-7-12(15)17-18(25)22-19(24-23-17)27-11-16(26)21-14-9-5-4-8-13(14)20/h3-10H,2,11H2,1H3,(H,21,26). The number of benzene rings is 2. The van der Waals surface area contributed by atoms with Crippen LogP contribution in [0.2, 0.25) is 5.02 Å². The van der Waals surface area contributed by atoms with E-state index in [1.165, 1.54) is 11.8 Å². The Hall–Kier alpha value is -2.64. The number of para-hydroxylation sites is 2. The molecule has 0 aliphatic heterocycles. The van der Waals surface area contributed by atoms with Crippen LogP contribution in [0.5, 0.6) is 0 Å². The number of nitrogens with zero attached hydrogens (tertiary/aromatic N) is 4. The lowest BCUT2D eigenvalue weighted by atomic mass is 10.2. The van der Waals surface area contributed by atoms with Crippen molar-refractivity contribution in [1.82, 2.24) is 19.7 Å². The second-order valence-electron chi connectivity index (χ2n) is 5.84. The molecule has 2 heterocycles. The SMILES string of the molecule is CCn1c2ccccc2c2nnc(SCC(=O)Nc3ccccc3Cl)nc21. The predicted octanol–water partition coefficient (Wildman–Crippen LogP) is 4.38. The van der Waals surface area contributed by atoms with Gasteiger partial charge in [-0.05, 0) is 25.1 Å². The third kappa shape index (κ3) is 3.48. The largest absolute Gasteiger partial charge is 0.324 e. The zero-order chi connectivity index (χ0) is 18.8. The van der Waals surface area contributed by atoms with E-state index in [-0.39, 0.29) is 11.7 Å². The smallest absolute Gasteiger partial charge is 0.234 e. The summed E-state index contributed by atoms with van der Waals surface area (Å²) in [6.07, 6.45) is 0. The summed E-state index contributed by atoms with van der Waals surface area (Å²) in [4.78, 5) is 16.8. The summed E-state index contributed by atoms with van der Waals surface area (Å²) in [5.41, 5.74) is 3.22. The molecule has 0 spiro atoms. The van der Waals surface area contributed by atoms with E-state index in [1.807, 2.05) is 36.4 Å². The van der Waals surface area contributed by atoms with E-state index in [2.05, 4.69) is 32.0 Å². The van der Waals surface area contributed by atoms with Gasteiger partial charge < -0.3 is 9.88 Å². The maximum absolute atomic E-state index is 12.2. The minimum atomic E-state index is -0.173. The lowest BCUT2D eigenvalue weighted by Gasteiger charge is -2.06. The predicted molar refractivity (Wildman–Crippen MR) is 109 cm³/mol. The number of carbonyl (C=O) groups is 1. The number of carbonyl (C=O) groups excluding carboxylic acids is 1. The van der Waals surface area contributed by atoms with Gasteiger partial charge in [0.15, 0.2) is 5.65 Å². The van der Waals surface area contributed by atoms with Gasteiger partial charge in [0, 0.05) is 11.9 Å². The van der Waals surface area contributed by atoms with E-state index in [0.717, 1.165) is 28.6 Å². The third-order valence-electron chi connectivity index (χ3n) is 4.15. The number of aromatic nitrogens is 4. The van der Waals surface area contributed by atoms with Crippen LogP contribution in [-0.2, 0) is 11.3 Å². The summed E-state index contributed by atoms with van der Waals surface area (Å²) in [6.45, 7) is 2.84. The maximum atomic E-state index is 12.2. The first-order valence-electron chi connectivity index (χ1n) is 8.46. The molecule has 1 N–H and O–H groups in total. The summed E-state index contributed by atoms with van der Waals surface area (Å²) in [5.74, 6) is -0.00191. The Kier molecular flexibility index (Phi) is 4.96. The second-order valence-corrected chi connectivity index (χ2v) is 7.19. The highest BCUT2D eigenvalue weighted by Crippen LogP contribution is 2.27. The molecule has 0 atom stereocenters. The number of fused-ring (bicyclic) bond motifs is 3. The Bertz CT molecular complexity index is 1140. The zero-order valence-electron chi connectivity index (χ0n) is 14.5. The molecule has 4 rings (SSSR count). The fourth-order valence-electron chi connectivity index (χ4n) is 2.95. The summed E-state index contributed by atoms with van der Waals surface area (Å²) >= 11 is 7.31. The molecule has 0 aliphatic rings. The van der Waals surface area contributed by atoms with Crippen LogP contribution in [0.4, 0.5) is 5.69 Å². The van der Waals surface area contributed by atoms with Gasteiger partial charge in [-0.1, -0.05) is 53.7 Å². The maximum Gasteiger partial charge on any atom is 0.234 e. The Morgan fingerprint density at radius 3 is 2.74 bits per heavy atom. The highest BCUT2D eigenvalue weighted by Gasteiger charge is 2.14. The van der Waals surface area contributed by atoms with Gasteiger partial charge in [-0.15, -0.1) is 10.2 Å². The van der Waals surface area contributed by atoms with Crippen LogP contribution in [0.1, 0.15) is 6.92 Å². The Morgan fingerprint density at radius 2 is 1.93 bits per heavy atom. The number of nitrogens with one attached hydrogen (secondary N) is 1. The van der Waals surface area contributed by atoms with Crippen molar-refractivity contribution in [2.45, 2.75) is 18.6 Å². The van der Waals surface area contributed by atoms with E-state index in [4.69, 9.17) is 11.6 Å². The first-order chi connectivity index (χ1) is 13.2. The van der Waals surface area contributed by atoms with Crippen LogP contribution in [0.15, 0.2) is 53.7 Å². The molecule has 6 nitrogen and oxygen atoms in total. The van der Waals surface area contributed by atoms with Gasteiger partial charge >= 0.3 is 0 Å². The molecule has 0 unspecified atom stereocenters.